The first kappa shape index (κ1) is 15.0. The Kier molecular flexibility index (Phi) is 5.85. The summed E-state index contributed by atoms with van der Waals surface area (Å²) in [7, 11) is 0. The summed E-state index contributed by atoms with van der Waals surface area (Å²) in [6.07, 6.45) is 1.14. The van der Waals surface area contributed by atoms with Crippen molar-refractivity contribution in [3.05, 3.63) is 29.3 Å². The van der Waals surface area contributed by atoms with E-state index in [0.29, 0.717) is 12.1 Å². The van der Waals surface area contributed by atoms with Gasteiger partial charge < -0.3 is 15.7 Å². The highest BCUT2D eigenvalue weighted by Gasteiger charge is 2.08. The number of aromatic hydroxyl groups is 1. The SMILES string of the molecule is CCCNC(=O)CCNC(=O)c1ccc(C)c(O)c1. The number of hydrogen-bond donors (Lipinski definition) is 3. The zero-order chi connectivity index (χ0) is 14.3. The quantitative estimate of drug-likeness (QED) is 0.725. The van der Waals surface area contributed by atoms with Gasteiger partial charge in [0, 0.05) is 25.1 Å². The van der Waals surface area contributed by atoms with E-state index in [1.165, 1.54) is 6.07 Å². The largest absolute Gasteiger partial charge is 0.508 e. The number of benzene rings is 1. The first-order valence-electron chi connectivity index (χ1n) is 6.39. The Morgan fingerprint density at radius 2 is 1.95 bits per heavy atom. The van der Waals surface area contributed by atoms with Gasteiger partial charge in [-0.15, -0.1) is 0 Å². The third-order valence-electron chi connectivity index (χ3n) is 2.68. The molecule has 0 spiro atoms. The molecular weight excluding hydrogens is 244 g/mol. The van der Waals surface area contributed by atoms with Crippen molar-refractivity contribution in [2.45, 2.75) is 26.7 Å². The van der Waals surface area contributed by atoms with Gasteiger partial charge in [0.1, 0.15) is 5.75 Å². The van der Waals surface area contributed by atoms with Gasteiger partial charge in [-0.25, -0.2) is 0 Å². The van der Waals surface area contributed by atoms with Crippen LogP contribution in [0.15, 0.2) is 18.2 Å². The van der Waals surface area contributed by atoms with Crippen LogP contribution in [0, 0.1) is 6.92 Å². The highest BCUT2D eigenvalue weighted by Crippen LogP contribution is 2.17. The molecule has 0 heterocycles. The van der Waals surface area contributed by atoms with E-state index in [0.717, 1.165) is 12.0 Å². The van der Waals surface area contributed by atoms with Crippen molar-refractivity contribution < 1.29 is 14.7 Å². The third kappa shape index (κ3) is 4.99. The number of amides is 2. The second-order valence-electron chi connectivity index (χ2n) is 4.36. The summed E-state index contributed by atoms with van der Waals surface area (Å²) in [6.45, 7) is 4.67. The molecule has 0 radical (unpaired) electrons. The highest BCUT2D eigenvalue weighted by atomic mass is 16.3. The average molecular weight is 264 g/mol. The van der Waals surface area contributed by atoms with Gasteiger partial charge in [0.25, 0.3) is 5.91 Å². The molecule has 19 heavy (non-hydrogen) atoms. The number of aryl methyl sites for hydroxylation is 1. The summed E-state index contributed by atoms with van der Waals surface area (Å²) in [4.78, 5) is 23.1. The summed E-state index contributed by atoms with van der Waals surface area (Å²) in [5.74, 6) is -0.277. The van der Waals surface area contributed by atoms with E-state index in [-0.39, 0.29) is 30.5 Å². The second-order valence-corrected chi connectivity index (χ2v) is 4.36. The summed E-state index contributed by atoms with van der Waals surface area (Å²) in [5.41, 5.74) is 1.10. The van der Waals surface area contributed by atoms with Crippen LogP contribution in [0.1, 0.15) is 35.7 Å². The fourth-order valence-electron chi connectivity index (χ4n) is 1.50. The standard InChI is InChI=1S/C14H20N2O3/c1-3-7-15-13(18)6-8-16-14(19)11-5-4-10(2)12(17)9-11/h4-5,9,17H,3,6-8H2,1-2H3,(H,15,18)(H,16,19). The van der Waals surface area contributed by atoms with E-state index in [1.807, 2.05) is 6.92 Å². The Hall–Kier alpha value is -2.04. The molecule has 1 rings (SSSR count). The lowest BCUT2D eigenvalue weighted by Gasteiger charge is -2.07. The molecule has 0 saturated carbocycles. The van der Waals surface area contributed by atoms with E-state index in [9.17, 15) is 14.7 Å². The molecular formula is C14H20N2O3. The van der Waals surface area contributed by atoms with Crippen LogP contribution in [-0.4, -0.2) is 30.0 Å². The summed E-state index contributed by atoms with van der Waals surface area (Å²) in [5, 5.41) is 14.9. The number of phenolic OH excluding ortho intramolecular Hbond substituents is 1. The molecule has 5 heteroatoms. The molecule has 3 N–H and O–H groups in total. The Labute approximate surface area is 113 Å². The number of phenols is 1. The minimum absolute atomic E-state index is 0.0751. The molecule has 0 fully saturated rings. The van der Waals surface area contributed by atoms with Gasteiger partial charge in [-0.1, -0.05) is 13.0 Å². The van der Waals surface area contributed by atoms with Crippen molar-refractivity contribution in [3.8, 4) is 5.75 Å². The predicted octanol–water partition coefficient (Wildman–Crippen LogP) is 1.35. The summed E-state index contributed by atoms with van der Waals surface area (Å²) in [6, 6.07) is 4.74. The van der Waals surface area contributed by atoms with E-state index in [4.69, 9.17) is 0 Å². The van der Waals surface area contributed by atoms with Gasteiger partial charge in [0.05, 0.1) is 0 Å². The Morgan fingerprint density at radius 1 is 1.21 bits per heavy atom. The van der Waals surface area contributed by atoms with Crippen LogP contribution in [0.5, 0.6) is 5.75 Å². The lowest BCUT2D eigenvalue weighted by Crippen LogP contribution is -2.31. The lowest BCUT2D eigenvalue weighted by atomic mass is 10.1. The van der Waals surface area contributed by atoms with E-state index in [2.05, 4.69) is 10.6 Å². The molecule has 1 aromatic carbocycles. The molecule has 0 aliphatic carbocycles. The molecule has 0 aliphatic heterocycles. The highest BCUT2D eigenvalue weighted by molar-refractivity contribution is 5.94. The van der Waals surface area contributed by atoms with Crippen LogP contribution < -0.4 is 10.6 Å². The van der Waals surface area contributed by atoms with Crippen molar-refractivity contribution in [1.82, 2.24) is 10.6 Å². The molecule has 0 bridgehead atoms. The van der Waals surface area contributed by atoms with Gasteiger partial charge in [0.2, 0.25) is 5.91 Å². The van der Waals surface area contributed by atoms with Crippen LogP contribution in [-0.2, 0) is 4.79 Å². The fraction of sp³-hybridized carbons (Fsp3) is 0.429. The Bertz CT molecular complexity index is 458. The molecule has 1 aromatic rings. The maximum Gasteiger partial charge on any atom is 0.251 e. The lowest BCUT2D eigenvalue weighted by molar-refractivity contribution is -0.120. The van der Waals surface area contributed by atoms with Gasteiger partial charge >= 0.3 is 0 Å². The van der Waals surface area contributed by atoms with Crippen molar-refractivity contribution in [2.75, 3.05) is 13.1 Å². The number of hydrogen-bond acceptors (Lipinski definition) is 3. The molecule has 0 aliphatic rings. The second kappa shape index (κ2) is 7.41. The first-order valence-corrected chi connectivity index (χ1v) is 6.39. The molecule has 0 unspecified atom stereocenters. The fourth-order valence-corrected chi connectivity index (χ4v) is 1.50. The first-order chi connectivity index (χ1) is 9.04. The molecule has 0 saturated heterocycles. The Balaban J connectivity index is 2.39. The Morgan fingerprint density at radius 3 is 2.58 bits per heavy atom. The van der Waals surface area contributed by atoms with Crippen LogP contribution in [0.4, 0.5) is 0 Å². The monoisotopic (exact) mass is 264 g/mol. The number of carbonyl (C=O) groups is 2. The molecule has 2 amide bonds. The molecule has 0 aromatic heterocycles. The molecule has 104 valence electrons. The zero-order valence-corrected chi connectivity index (χ0v) is 11.3. The summed E-state index contributed by atoms with van der Waals surface area (Å²) < 4.78 is 0. The van der Waals surface area contributed by atoms with Gasteiger partial charge in [-0.3, -0.25) is 9.59 Å². The predicted molar refractivity (Wildman–Crippen MR) is 73.1 cm³/mol. The summed E-state index contributed by atoms with van der Waals surface area (Å²) >= 11 is 0. The van der Waals surface area contributed by atoms with Crippen LogP contribution in [0.3, 0.4) is 0 Å². The van der Waals surface area contributed by atoms with Gasteiger partial charge in [0.15, 0.2) is 0 Å². The minimum Gasteiger partial charge on any atom is -0.508 e. The maximum absolute atomic E-state index is 11.7. The topological polar surface area (TPSA) is 78.4 Å². The molecule has 5 nitrogen and oxygen atoms in total. The minimum atomic E-state index is -0.293. The van der Waals surface area contributed by atoms with Crippen LogP contribution in [0.2, 0.25) is 0 Å². The van der Waals surface area contributed by atoms with Crippen LogP contribution >= 0.6 is 0 Å². The van der Waals surface area contributed by atoms with Gasteiger partial charge in [-0.2, -0.15) is 0 Å². The van der Waals surface area contributed by atoms with Gasteiger partial charge in [-0.05, 0) is 31.0 Å². The van der Waals surface area contributed by atoms with E-state index in [1.54, 1.807) is 19.1 Å². The zero-order valence-electron chi connectivity index (χ0n) is 11.3. The normalized spacial score (nSPS) is 10.0. The van der Waals surface area contributed by atoms with E-state index < -0.39 is 0 Å². The average Bonchev–Trinajstić information content (AvgIpc) is 2.39. The number of nitrogens with one attached hydrogen (secondary N) is 2. The van der Waals surface area contributed by atoms with Crippen molar-refractivity contribution in [1.29, 1.82) is 0 Å². The number of carbonyl (C=O) groups excluding carboxylic acids is 2. The number of rotatable bonds is 6. The van der Waals surface area contributed by atoms with Crippen molar-refractivity contribution >= 4 is 11.8 Å². The van der Waals surface area contributed by atoms with Crippen molar-refractivity contribution in [3.63, 3.8) is 0 Å². The van der Waals surface area contributed by atoms with E-state index >= 15 is 0 Å². The smallest absolute Gasteiger partial charge is 0.251 e. The molecule has 0 atom stereocenters. The van der Waals surface area contributed by atoms with Crippen LogP contribution in [0.25, 0.3) is 0 Å². The third-order valence-corrected chi connectivity index (χ3v) is 2.68. The maximum atomic E-state index is 11.7. The van der Waals surface area contributed by atoms with Crippen molar-refractivity contribution in [2.24, 2.45) is 0 Å².